The van der Waals surface area contributed by atoms with Gasteiger partial charge < -0.3 is 14.4 Å². The number of hydrogen-bond acceptors (Lipinski definition) is 5. The van der Waals surface area contributed by atoms with Crippen LogP contribution in [-0.2, 0) is 16.1 Å². The number of carbonyl (C=O) groups is 1. The summed E-state index contributed by atoms with van der Waals surface area (Å²) in [5.74, 6) is 2.24. The van der Waals surface area contributed by atoms with Gasteiger partial charge in [0.05, 0.1) is 6.54 Å². The molecule has 7 heteroatoms. The molecule has 1 amide bonds. The summed E-state index contributed by atoms with van der Waals surface area (Å²) in [5, 5.41) is 4.26. The van der Waals surface area contributed by atoms with Crippen LogP contribution in [0.3, 0.4) is 0 Å². The van der Waals surface area contributed by atoms with Crippen molar-refractivity contribution in [1.29, 1.82) is 0 Å². The van der Waals surface area contributed by atoms with Crippen LogP contribution in [0.1, 0.15) is 18.1 Å². The Morgan fingerprint density at radius 1 is 1.28 bits per heavy atom. The first-order valence-corrected chi connectivity index (χ1v) is 8.40. The van der Waals surface area contributed by atoms with Gasteiger partial charge in [-0.05, 0) is 32.4 Å². The number of rotatable bonds is 6. The molecule has 1 aliphatic rings. The van der Waals surface area contributed by atoms with Crippen molar-refractivity contribution in [3.05, 3.63) is 42.0 Å². The van der Waals surface area contributed by atoms with E-state index in [1.165, 1.54) is 0 Å². The van der Waals surface area contributed by atoms with E-state index in [1.807, 2.05) is 49.1 Å². The first kappa shape index (κ1) is 17.4. The van der Waals surface area contributed by atoms with Crippen molar-refractivity contribution in [3.63, 3.8) is 0 Å². The third kappa shape index (κ3) is 3.99. The lowest BCUT2D eigenvalue weighted by atomic mass is 10.0. The van der Waals surface area contributed by atoms with Gasteiger partial charge >= 0.3 is 0 Å². The maximum absolute atomic E-state index is 12.6. The van der Waals surface area contributed by atoms with Gasteiger partial charge in [0.2, 0.25) is 5.91 Å². The first-order valence-electron chi connectivity index (χ1n) is 8.40. The fourth-order valence-electron chi connectivity index (χ4n) is 3.07. The topological polar surface area (TPSA) is 69.5 Å². The Hall–Kier alpha value is -2.41. The van der Waals surface area contributed by atoms with Crippen LogP contribution in [0.15, 0.2) is 30.3 Å². The quantitative estimate of drug-likeness (QED) is 0.796. The van der Waals surface area contributed by atoms with Crippen molar-refractivity contribution in [3.8, 4) is 5.75 Å². The molecule has 0 radical (unpaired) electrons. The minimum Gasteiger partial charge on any atom is -0.491 e. The Morgan fingerprint density at radius 2 is 2.04 bits per heavy atom. The molecule has 0 N–H and O–H groups in total. The number of carbonyl (C=O) groups excluding carboxylic acids is 1. The number of ether oxygens (including phenoxy) is 2. The molecule has 1 aromatic heterocycles. The second-order valence-corrected chi connectivity index (χ2v) is 6.42. The average molecular weight is 344 g/mol. The number of likely N-dealkylation sites (tertiary alicyclic amines) is 1. The van der Waals surface area contributed by atoms with E-state index in [1.54, 1.807) is 11.8 Å². The van der Waals surface area contributed by atoms with Gasteiger partial charge in [0.1, 0.15) is 36.2 Å². The van der Waals surface area contributed by atoms with Gasteiger partial charge in [-0.25, -0.2) is 9.67 Å². The highest BCUT2D eigenvalue weighted by Crippen LogP contribution is 2.26. The molecule has 1 atom stereocenters. The summed E-state index contributed by atoms with van der Waals surface area (Å²) >= 11 is 0. The summed E-state index contributed by atoms with van der Waals surface area (Å²) in [6.07, 6.45) is 0.747. The molecule has 2 aromatic rings. The van der Waals surface area contributed by atoms with Crippen molar-refractivity contribution < 1.29 is 14.3 Å². The molecule has 134 valence electrons. The highest BCUT2D eigenvalue weighted by molar-refractivity contribution is 5.76. The molecule has 1 aromatic carbocycles. The Labute approximate surface area is 147 Å². The standard InChI is InChI=1S/C18H24N4O3/c1-14-19-15(2)22(20-14)11-17(23)21-10-9-18(12-21,24-3)13-25-16-7-5-4-6-8-16/h4-8H,9-13H2,1-3H3/t18-/m0/s1. The second-order valence-electron chi connectivity index (χ2n) is 6.42. The van der Waals surface area contributed by atoms with Gasteiger partial charge in [0, 0.05) is 13.7 Å². The Kier molecular flexibility index (Phi) is 5.03. The highest BCUT2D eigenvalue weighted by Gasteiger charge is 2.41. The number of nitrogens with zero attached hydrogens (tertiary/aromatic N) is 4. The van der Waals surface area contributed by atoms with E-state index in [4.69, 9.17) is 9.47 Å². The monoisotopic (exact) mass is 344 g/mol. The lowest BCUT2D eigenvalue weighted by Gasteiger charge is -2.28. The van der Waals surface area contributed by atoms with Gasteiger partial charge in [0.25, 0.3) is 0 Å². The average Bonchev–Trinajstić information content (AvgIpc) is 3.18. The number of hydrogen-bond donors (Lipinski definition) is 0. The van der Waals surface area contributed by atoms with E-state index < -0.39 is 5.60 Å². The predicted octanol–water partition coefficient (Wildman–Crippen LogP) is 1.59. The summed E-state index contributed by atoms with van der Waals surface area (Å²) in [7, 11) is 1.67. The summed E-state index contributed by atoms with van der Waals surface area (Å²) < 4.78 is 13.2. The van der Waals surface area contributed by atoms with E-state index in [2.05, 4.69) is 10.1 Å². The Morgan fingerprint density at radius 3 is 2.68 bits per heavy atom. The van der Waals surface area contributed by atoms with Gasteiger partial charge in [0.15, 0.2) is 0 Å². The molecule has 7 nitrogen and oxygen atoms in total. The van der Waals surface area contributed by atoms with Crippen LogP contribution in [0, 0.1) is 13.8 Å². The third-order valence-electron chi connectivity index (χ3n) is 4.59. The van der Waals surface area contributed by atoms with Crippen LogP contribution in [0.5, 0.6) is 5.75 Å². The first-order chi connectivity index (χ1) is 12.0. The van der Waals surface area contributed by atoms with Crippen LogP contribution in [0.4, 0.5) is 0 Å². The maximum Gasteiger partial charge on any atom is 0.244 e. The minimum atomic E-state index is -0.473. The van der Waals surface area contributed by atoms with Crippen LogP contribution in [0.25, 0.3) is 0 Å². The SMILES string of the molecule is CO[C@@]1(COc2ccccc2)CCN(C(=O)Cn2nc(C)nc2C)C1. The number of amides is 1. The Bertz CT molecular complexity index is 731. The zero-order valence-electron chi connectivity index (χ0n) is 14.9. The molecule has 0 spiro atoms. The molecule has 0 unspecified atom stereocenters. The molecular weight excluding hydrogens is 320 g/mol. The maximum atomic E-state index is 12.6. The summed E-state index contributed by atoms with van der Waals surface area (Å²) in [5.41, 5.74) is -0.473. The number of aryl methyl sites for hydroxylation is 2. The highest BCUT2D eigenvalue weighted by atomic mass is 16.5. The molecule has 1 fully saturated rings. The molecule has 3 rings (SSSR count). The summed E-state index contributed by atoms with van der Waals surface area (Å²) in [4.78, 5) is 18.6. The van der Waals surface area contributed by atoms with Crippen molar-refractivity contribution in [2.45, 2.75) is 32.4 Å². The number of methoxy groups -OCH3 is 1. The van der Waals surface area contributed by atoms with E-state index in [0.29, 0.717) is 25.5 Å². The van der Waals surface area contributed by atoms with E-state index in [0.717, 1.165) is 18.0 Å². The summed E-state index contributed by atoms with van der Waals surface area (Å²) in [6, 6.07) is 9.64. The predicted molar refractivity (Wildman–Crippen MR) is 92.4 cm³/mol. The van der Waals surface area contributed by atoms with Gasteiger partial charge in [-0.15, -0.1) is 0 Å². The van der Waals surface area contributed by atoms with E-state index in [9.17, 15) is 4.79 Å². The van der Waals surface area contributed by atoms with Gasteiger partial charge in [-0.3, -0.25) is 4.79 Å². The van der Waals surface area contributed by atoms with E-state index in [-0.39, 0.29) is 12.5 Å². The van der Waals surface area contributed by atoms with Gasteiger partial charge in [-0.2, -0.15) is 5.10 Å². The largest absolute Gasteiger partial charge is 0.491 e. The van der Waals surface area contributed by atoms with Crippen molar-refractivity contribution >= 4 is 5.91 Å². The summed E-state index contributed by atoms with van der Waals surface area (Å²) in [6.45, 7) is 5.45. The van der Waals surface area contributed by atoms with Crippen LogP contribution in [0.2, 0.25) is 0 Å². The van der Waals surface area contributed by atoms with Crippen molar-refractivity contribution in [2.24, 2.45) is 0 Å². The fraction of sp³-hybridized carbons (Fsp3) is 0.500. The minimum absolute atomic E-state index is 0.0200. The molecule has 2 heterocycles. The lowest BCUT2D eigenvalue weighted by molar-refractivity contribution is -0.132. The zero-order chi connectivity index (χ0) is 17.9. The number of aromatic nitrogens is 3. The van der Waals surface area contributed by atoms with Crippen molar-refractivity contribution in [2.75, 3.05) is 26.8 Å². The normalized spacial score (nSPS) is 20.0. The molecular formula is C18H24N4O3. The van der Waals surface area contributed by atoms with Gasteiger partial charge in [-0.1, -0.05) is 18.2 Å². The van der Waals surface area contributed by atoms with E-state index >= 15 is 0 Å². The smallest absolute Gasteiger partial charge is 0.244 e. The number of para-hydroxylation sites is 1. The third-order valence-corrected chi connectivity index (χ3v) is 4.59. The molecule has 1 aliphatic heterocycles. The van der Waals surface area contributed by atoms with Crippen LogP contribution >= 0.6 is 0 Å². The molecule has 1 saturated heterocycles. The van der Waals surface area contributed by atoms with Crippen LogP contribution < -0.4 is 4.74 Å². The zero-order valence-corrected chi connectivity index (χ0v) is 14.9. The lowest BCUT2D eigenvalue weighted by Crippen LogP contribution is -2.43. The molecule has 0 saturated carbocycles. The van der Waals surface area contributed by atoms with Crippen molar-refractivity contribution in [1.82, 2.24) is 19.7 Å². The molecule has 0 aliphatic carbocycles. The molecule has 25 heavy (non-hydrogen) atoms. The second kappa shape index (κ2) is 7.23. The Balaban J connectivity index is 1.60. The number of benzene rings is 1. The molecule has 0 bridgehead atoms. The van der Waals surface area contributed by atoms with Crippen LogP contribution in [-0.4, -0.2) is 58.0 Å². The fourth-order valence-corrected chi connectivity index (χ4v) is 3.07.